The topological polar surface area (TPSA) is 12.0 Å². The second-order valence-corrected chi connectivity index (χ2v) is 4.87. The van der Waals surface area contributed by atoms with Gasteiger partial charge in [0.25, 0.3) is 0 Å². The molecule has 0 fully saturated rings. The van der Waals surface area contributed by atoms with E-state index >= 15 is 0 Å². The van der Waals surface area contributed by atoms with Crippen molar-refractivity contribution in [1.29, 1.82) is 0 Å². The molecule has 19 heavy (non-hydrogen) atoms. The minimum absolute atomic E-state index is 0.217. The summed E-state index contributed by atoms with van der Waals surface area (Å²) >= 11 is 6.36. The Bertz CT molecular complexity index is 568. The van der Waals surface area contributed by atoms with Crippen molar-refractivity contribution < 1.29 is 4.39 Å². The number of hydrogen-bond acceptors (Lipinski definition) is 1. The number of rotatable bonds is 4. The van der Waals surface area contributed by atoms with Crippen LogP contribution in [0.3, 0.4) is 0 Å². The molecule has 0 aliphatic heterocycles. The molecule has 2 aromatic rings. The van der Waals surface area contributed by atoms with Crippen LogP contribution in [0.5, 0.6) is 0 Å². The molecule has 1 N–H and O–H groups in total. The van der Waals surface area contributed by atoms with Crippen molar-refractivity contribution in [3.63, 3.8) is 0 Å². The molecular formula is C16H17ClFN. The number of benzene rings is 2. The van der Waals surface area contributed by atoms with Crippen LogP contribution in [0, 0.1) is 12.7 Å². The summed E-state index contributed by atoms with van der Waals surface area (Å²) in [6.45, 7) is 4.69. The van der Waals surface area contributed by atoms with Crippen molar-refractivity contribution in [2.75, 3.05) is 6.54 Å². The second kappa shape index (κ2) is 6.18. The minimum Gasteiger partial charge on any atom is -0.306 e. The maximum absolute atomic E-state index is 14.0. The van der Waals surface area contributed by atoms with Crippen molar-refractivity contribution in [3.05, 3.63) is 70.0 Å². The van der Waals surface area contributed by atoms with Gasteiger partial charge in [-0.05, 0) is 30.7 Å². The Morgan fingerprint density at radius 3 is 2.47 bits per heavy atom. The Kier molecular flexibility index (Phi) is 4.56. The van der Waals surface area contributed by atoms with Crippen LogP contribution in [-0.4, -0.2) is 6.54 Å². The smallest absolute Gasteiger partial charge is 0.128 e. The third-order valence-corrected chi connectivity index (χ3v) is 3.67. The predicted molar refractivity (Wildman–Crippen MR) is 78.1 cm³/mol. The first-order chi connectivity index (χ1) is 9.15. The zero-order valence-electron chi connectivity index (χ0n) is 11.1. The predicted octanol–water partition coefficient (Wildman–Crippen LogP) is 4.49. The molecule has 100 valence electrons. The van der Waals surface area contributed by atoms with Crippen molar-refractivity contribution >= 4 is 11.6 Å². The van der Waals surface area contributed by atoms with Crippen LogP contribution in [0.15, 0.2) is 42.5 Å². The molecule has 1 atom stereocenters. The molecule has 2 rings (SSSR count). The molecule has 0 amide bonds. The Balaban J connectivity index is 2.52. The first kappa shape index (κ1) is 14.0. The zero-order valence-corrected chi connectivity index (χ0v) is 11.8. The van der Waals surface area contributed by atoms with Gasteiger partial charge >= 0.3 is 0 Å². The third kappa shape index (κ3) is 2.96. The van der Waals surface area contributed by atoms with Gasteiger partial charge in [0, 0.05) is 10.6 Å². The fraction of sp³-hybridized carbons (Fsp3) is 0.250. The van der Waals surface area contributed by atoms with Gasteiger partial charge in [-0.2, -0.15) is 0 Å². The molecule has 0 aliphatic carbocycles. The van der Waals surface area contributed by atoms with Gasteiger partial charge in [-0.15, -0.1) is 0 Å². The quantitative estimate of drug-likeness (QED) is 0.868. The highest BCUT2D eigenvalue weighted by Crippen LogP contribution is 2.31. The first-order valence-corrected chi connectivity index (χ1v) is 6.75. The molecule has 1 nitrogen and oxygen atoms in total. The fourth-order valence-electron chi connectivity index (χ4n) is 2.19. The highest BCUT2D eigenvalue weighted by atomic mass is 35.5. The Labute approximate surface area is 118 Å². The van der Waals surface area contributed by atoms with Crippen LogP contribution in [-0.2, 0) is 0 Å². The standard InChI is InChI=1S/C16H17ClFN/c1-3-19-16(12-8-4-5-10-14(12)18)13-9-6-7-11(2)15(13)17/h4-10,16,19H,3H2,1-2H3. The lowest BCUT2D eigenvalue weighted by Crippen LogP contribution is -2.23. The molecule has 0 spiro atoms. The highest BCUT2D eigenvalue weighted by molar-refractivity contribution is 6.32. The summed E-state index contributed by atoms with van der Waals surface area (Å²) in [6, 6.07) is 12.4. The van der Waals surface area contributed by atoms with Crippen LogP contribution >= 0.6 is 11.6 Å². The summed E-state index contributed by atoms with van der Waals surface area (Å²) in [5.41, 5.74) is 2.53. The molecule has 2 aromatic carbocycles. The number of nitrogens with one attached hydrogen (secondary N) is 1. The van der Waals surface area contributed by atoms with Crippen LogP contribution in [0.25, 0.3) is 0 Å². The second-order valence-electron chi connectivity index (χ2n) is 4.49. The van der Waals surface area contributed by atoms with E-state index in [1.165, 1.54) is 6.07 Å². The third-order valence-electron chi connectivity index (χ3n) is 3.16. The molecule has 0 saturated heterocycles. The van der Waals surface area contributed by atoms with Gasteiger partial charge in [-0.1, -0.05) is 54.9 Å². The summed E-state index contributed by atoms with van der Waals surface area (Å²) < 4.78 is 14.0. The van der Waals surface area contributed by atoms with E-state index in [0.717, 1.165) is 17.7 Å². The van der Waals surface area contributed by atoms with Gasteiger partial charge in [-0.25, -0.2) is 4.39 Å². The average Bonchev–Trinajstić information content (AvgIpc) is 2.41. The summed E-state index contributed by atoms with van der Waals surface area (Å²) in [5.74, 6) is -0.217. The molecule has 0 bridgehead atoms. The molecule has 3 heteroatoms. The maximum atomic E-state index is 14.0. The number of hydrogen-bond donors (Lipinski definition) is 1. The molecule has 0 heterocycles. The normalized spacial score (nSPS) is 12.4. The van der Waals surface area contributed by atoms with E-state index in [4.69, 9.17) is 11.6 Å². The lowest BCUT2D eigenvalue weighted by Gasteiger charge is -2.21. The van der Waals surface area contributed by atoms with Gasteiger partial charge in [0.2, 0.25) is 0 Å². The van der Waals surface area contributed by atoms with Gasteiger partial charge in [-0.3, -0.25) is 0 Å². The minimum atomic E-state index is -0.224. The maximum Gasteiger partial charge on any atom is 0.128 e. The van der Waals surface area contributed by atoms with Gasteiger partial charge in [0.1, 0.15) is 5.82 Å². The molecule has 0 saturated carbocycles. The SMILES string of the molecule is CCNC(c1ccccc1F)c1cccc(C)c1Cl. The van der Waals surface area contributed by atoms with E-state index in [-0.39, 0.29) is 11.9 Å². The van der Waals surface area contributed by atoms with Crippen molar-refractivity contribution in [1.82, 2.24) is 5.32 Å². The van der Waals surface area contributed by atoms with Crippen LogP contribution in [0.4, 0.5) is 4.39 Å². The van der Waals surface area contributed by atoms with Crippen molar-refractivity contribution in [2.24, 2.45) is 0 Å². The van der Waals surface area contributed by atoms with Crippen molar-refractivity contribution in [2.45, 2.75) is 19.9 Å². The summed E-state index contributed by atoms with van der Waals surface area (Å²) in [7, 11) is 0. The molecular weight excluding hydrogens is 261 g/mol. The number of halogens is 2. The van der Waals surface area contributed by atoms with Gasteiger partial charge in [0.05, 0.1) is 6.04 Å². The van der Waals surface area contributed by atoms with E-state index in [0.29, 0.717) is 10.6 Å². The first-order valence-electron chi connectivity index (χ1n) is 6.38. The van der Waals surface area contributed by atoms with Crippen LogP contribution in [0.2, 0.25) is 5.02 Å². The van der Waals surface area contributed by atoms with E-state index in [9.17, 15) is 4.39 Å². The summed E-state index contributed by atoms with van der Waals surface area (Å²) in [6.07, 6.45) is 0. The Morgan fingerprint density at radius 2 is 1.79 bits per heavy atom. The largest absolute Gasteiger partial charge is 0.306 e. The summed E-state index contributed by atoms with van der Waals surface area (Å²) in [5, 5.41) is 3.99. The molecule has 0 aliphatic rings. The monoisotopic (exact) mass is 277 g/mol. The Morgan fingerprint density at radius 1 is 1.11 bits per heavy atom. The van der Waals surface area contributed by atoms with E-state index < -0.39 is 0 Å². The van der Waals surface area contributed by atoms with Crippen LogP contribution < -0.4 is 5.32 Å². The van der Waals surface area contributed by atoms with Gasteiger partial charge in [0.15, 0.2) is 0 Å². The molecule has 0 aromatic heterocycles. The zero-order chi connectivity index (χ0) is 13.8. The molecule has 0 radical (unpaired) electrons. The lowest BCUT2D eigenvalue weighted by molar-refractivity contribution is 0.559. The average molecular weight is 278 g/mol. The van der Waals surface area contributed by atoms with E-state index in [1.807, 2.05) is 38.1 Å². The van der Waals surface area contributed by atoms with Crippen LogP contribution in [0.1, 0.15) is 29.7 Å². The van der Waals surface area contributed by atoms with Crippen molar-refractivity contribution in [3.8, 4) is 0 Å². The molecule has 1 unspecified atom stereocenters. The lowest BCUT2D eigenvalue weighted by atomic mass is 9.96. The van der Waals surface area contributed by atoms with Gasteiger partial charge < -0.3 is 5.32 Å². The van der Waals surface area contributed by atoms with E-state index in [1.54, 1.807) is 12.1 Å². The fourth-order valence-corrected chi connectivity index (χ4v) is 2.43. The summed E-state index contributed by atoms with van der Waals surface area (Å²) in [4.78, 5) is 0. The highest BCUT2D eigenvalue weighted by Gasteiger charge is 2.19. The number of aryl methyl sites for hydroxylation is 1. The van der Waals surface area contributed by atoms with E-state index in [2.05, 4.69) is 5.32 Å². The Hall–Kier alpha value is -1.38.